The Kier molecular flexibility index (Phi) is 5.63. The highest BCUT2D eigenvalue weighted by molar-refractivity contribution is 5.36. The molecule has 0 radical (unpaired) electrons. The van der Waals surface area contributed by atoms with Crippen LogP contribution in [0.4, 0.5) is 0 Å². The number of ether oxygens (including phenoxy) is 1. The topological polar surface area (TPSA) is 38.5 Å². The van der Waals surface area contributed by atoms with Crippen molar-refractivity contribution in [2.24, 2.45) is 11.7 Å². The summed E-state index contributed by atoms with van der Waals surface area (Å²) in [5, 5.41) is 0. The Bertz CT molecular complexity index is 365. The van der Waals surface area contributed by atoms with Gasteiger partial charge in [0, 0.05) is 18.2 Å². The number of methoxy groups -OCH3 is 1. The summed E-state index contributed by atoms with van der Waals surface area (Å²) in [6.45, 7) is 7.30. The van der Waals surface area contributed by atoms with Crippen molar-refractivity contribution >= 4 is 0 Å². The maximum Gasteiger partial charge on any atom is 0.123 e. The van der Waals surface area contributed by atoms with Crippen LogP contribution in [-0.2, 0) is 0 Å². The van der Waals surface area contributed by atoms with Gasteiger partial charge in [-0.3, -0.25) is 4.90 Å². The molecule has 0 saturated heterocycles. The maximum atomic E-state index is 5.97. The Hall–Kier alpha value is -1.06. The van der Waals surface area contributed by atoms with Gasteiger partial charge in [0.2, 0.25) is 0 Å². The van der Waals surface area contributed by atoms with Crippen molar-refractivity contribution < 1.29 is 4.74 Å². The predicted molar refractivity (Wildman–Crippen MR) is 76.9 cm³/mol. The molecule has 2 unspecified atom stereocenters. The lowest BCUT2D eigenvalue weighted by atomic mass is 9.98. The molecular formula is C15H26N2O. The van der Waals surface area contributed by atoms with Crippen molar-refractivity contribution in [1.82, 2.24) is 4.90 Å². The van der Waals surface area contributed by atoms with E-state index in [2.05, 4.69) is 38.8 Å². The molecular weight excluding hydrogens is 224 g/mol. The third-order valence-electron chi connectivity index (χ3n) is 3.82. The van der Waals surface area contributed by atoms with E-state index in [1.54, 1.807) is 7.11 Å². The second kappa shape index (κ2) is 6.76. The van der Waals surface area contributed by atoms with Gasteiger partial charge in [-0.1, -0.05) is 32.0 Å². The summed E-state index contributed by atoms with van der Waals surface area (Å²) >= 11 is 0. The van der Waals surface area contributed by atoms with E-state index in [-0.39, 0.29) is 6.04 Å². The van der Waals surface area contributed by atoms with Gasteiger partial charge in [0.05, 0.1) is 13.2 Å². The van der Waals surface area contributed by atoms with E-state index < -0.39 is 0 Å². The number of hydrogen-bond donors (Lipinski definition) is 1. The van der Waals surface area contributed by atoms with E-state index in [0.29, 0.717) is 18.5 Å². The predicted octanol–water partition coefficient (Wildman–Crippen LogP) is 2.67. The molecule has 18 heavy (non-hydrogen) atoms. The summed E-state index contributed by atoms with van der Waals surface area (Å²) in [5.74, 6) is 1.51. The SMILES string of the molecule is COc1ccccc1C(CN)N(C)C(C)C(C)C. The van der Waals surface area contributed by atoms with Gasteiger partial charge in [-0.15, -0.1) is 0 Å². The first-order chi connectivity index (χ1) is 8.52. The highest BCUT2D eigenvalue weighted by Crippen LogP contribution is 2.30. The number of nitrogens with zero attached hydrogens (tertiary/aromatic N) is 1. The van der Waals surface area contributed by atoms with E-state index in [1.807, 2.05) is 18.2 Å². The fourth-order valence-electron chi connectivity index (χ4n) is 2.21. The minimum atomic E-state index is 0.193. The summed E-state index contributed by atoms with van der Waals surface area (Å²) in [6, 6.07) is 8.78. The zero-order chi connectivity index (χ0) is 13.7. The molecule has 3 nitrogen and oxygen atoms in total. The number of rotatable bonds is 6. The molecule has 1 rings (SSSR count). The van der Waals surface area contributed by atoms with Gasteiger partial charge >= 0.3 is 0 Å². The number of para-hydroxylation sites is 1. The largest absolute Gasteiger partial charge is 0.496 e. The Morgan fingerprint density at radius 3 is 2.33 bits per heavy atom. The summed E-state index contributed by atoms with van der Waals surface area (Å²) in [4.78, 5) is 2.34. The standard InChI is InChI=1S/C15H26N2O/c1-11(2)12(3)17(4)14(10-16)13-8-6-7-9-15(13)18-5/h6-9,11-12,14H,10,16H2,1-5H3. The van der Waals surface area contributed by atoms with Crippen LogP contribution < -0.4 is 10.5 Å². The van der Waals surface area contributed by atoms with Gasteiger partial charge in [-0.05, 0) is 26.0 Å². The number of benzene rings is 1. The van der Waals surface area contributed by atoms with E-state index in [9.17, 15) is 0 Å². The Morgan fingerprint density at radius 2 is 1.83 bits per heavy atom. The molecule has 0 saturated carbocycles. The van der Waals surface area contributed by atoms with E-state index in [0.717, 1.165) is 11.3 Å². The Labute approximate surface area is 111 Å². The van der Waals surface area contributed by atoms with Gasteiger partial charge < -0.3 is 10.5 Å². The van der Waals surface area contributed by atoms with Crippen LogP contribution in [0.25, 0.3) is 0 Å². The lowest BCUT2D eigenvalue weighted by Gasteiger charge is -2.35. The molecule has 2 atom stereocenters. The normalized spacial score (nSPS) is 14.9. The molecule has 0 heterocycles. The second-order valence-electron chi connectivity index (χ2n) is 5.14. The minimum Gasteiger partial charge on any atom is -0.496 e. The van der Waals surface area contributed by atoms with Gasteiger partial charge in [0.25, 0.3) is 0 Å². The van der Waals surface area contributed by atoms with Crippen LogP contribution in [0.1, 0.15) is 32.4 Å². The average Bonchev–Trinajstić information content (AvgIpc) is 2.38. The summed E-state index contributed by atoms with van der Waals surface area (Å²) in [6.07, 6.45) is 0. The van der Waals surface area contributed by atoms with Crippen LogP contribution in [0, 0.1) is 5.92 Å². The molecule has 102 valence electrons. The van der Waals surface area contributed by atoms with Crippen LogP contribution in [-0.4, -0.2) is 31.6 Å². The average molecular weight is 250 g/mol. The quantitative estimate of drug-likeness (QED) is 0.843. The molecule has 0 spiro atoms. The first-order valence-electron chi connectivity index (χ1n) is 6.57. The smallest absolute Gasteiger partial charge is 0.123 e. The lowest BCUT2D eigenvalue weighted by Crippen LogP contribution is -2.39. The second-order valence-corrected chi connectivity index (χ2v) is 5.14. The highest BCUT2D eigenvalue weighted by Gasteiger charge is 2.24. The molecule has 3 heteroatoms. The van der Waals surface area contributed by atoms with Gasteiger partial charge in [0.1, 0.15) is 5.75 Å². The number of nitrogens with two attached hydrogens (primary N) is 1. The van der Waals surface area contributed by atoms with Crippen molar-refractivity contribution in [2.75, 3.05) is 20.7 Å². The van der Waals surface area contributed by atoms with Crippen molar-refractivity contribution in [2.45, 2.75) is 32.9 Å². The van der Waals surface area contributed by atoms with E-state index in [1.165, 1.54) is 0 Å². The molecule has 0 aliphatic carbocycles. The van der Waals surface area contributed by atoms with Crippen molar-refractivity contribution in [3.63, 3.8) is 0 Å². The molecule has 1 aromatic rings. The highest BCUT2D eigenvalue weighted by atomic mass is 16.5. The zero-order valence-electron chi connectivity index (χ0n) is 12.2. The first kappa shape index (κ1) is 15.0. The molecule has 0 fully saturated rings. The molecule has 0 aromatic heterocycles. The fourth-order valence-corrected chi connectivity index (χ4v) is 2.21. The molecule has 0 aliphatic heterocycles. The number of hydrogen-bond acceptors (Lipinski definition) is 3. The van der Waals surface area contributed by atoms with Crippen LogP contribution in [0.15, 0.2) is 24.3 Å². The van der Waals surface area contributed by atoms with E-state index >= 15 is 0 Å². The van der Waals surface area contributed by atoms with Crippen LogP contribution in [0.3, 0.4) is 0 Å². The third kappa shape index (κ3) is 3.24. The van der Waals surface area contributed by atoms with E-state index in [4.69, 9.17) is 10.5 Å². The lowest BCUT2D eigenvalue weighted by molar-refractivity contribution is 0.149. The maximum absolute atomic E-state index is 5.97. The van der Waals surface area contributed by atoms with Gasteiger partial charge in [0.15, 0.2) is 0 Å². The van der Waals surface area contributed by atoms with Crippen molar-refractivity contribution in [3.8, 4) is 5.75 Å². The molecule has 1 aromatic carbocycles. The molecule has 0 aliphatic rings. The van der Waals surface area contributed by atoms with Crippen LogP contribution in [0.2, 0.25) is 0 Å². The Balaban J connectivity index is 3.02. The fraction of sp³-hybridized carbons (Fsp3) is 0.600. The molecule has 0 amide bonds. The van der Waals surface area contributed by atoms with Gasteiger partial charge in [-0.25, -0.2) is 0 Å². The first-order valence-corrected chi connectivity index (χ1v) is 6.57. The van der Waals surface area contributed by atoms with Crippen LogP contribution in [0.5, 0.6) is 5.75 Å². The minimum absolute atomic E-state index is 0.193. The third-order valence-corrected chi connectivity index (χ3v) is 3.82. The number of likely N-dealkylation sites (N-methyl/N-ethyl adjacent to an activating group) is 1. The van der Waals surface area contributed by atoms with Gasteiger partial charge in [-0.2, -0.15) is 0 Å². The summed E-state index contributed by atoms with van der Waals surface area (Å²) in [5.41, 5.74) is 7.13. The Morgan fingerprint density at radius 1 is 1.22 bits per heavy atom. The summed E-state index contributed by atoms with van der Waals surface area (Å²) in [7, 11) is 3.84. The summed E-state index contributed by atoms with van der Waals surface area (Å²) < 4.78 is 5.44. The monoisotopic (exact) mass is 250 g/mol. The van der Waals surface area contributed by atoms with Crippen molar-refractivity contribution in [1.29, 1.82) is 0 Å². The van der Waals surface area contributed by atoms with Crippen LogP contribution >= 0.6 is 0 Å². The molecule has 0 bridgehead atoms. The van der Waals surface area contributed by atoms with Crippen molar-refractivity contribution in [3.05, 3.63) is 29.8 Å². The molecule has 2 N–H and O–H groups in total. The zero-order valence-corrected chi connectivity index (χ0v) is 12.2.